The first-order valence-corrected chi connectivity index (χ1v) is 18.3. The molecule has 2 spiro atoms. The summed E-state index contributed by atoms with van der Waals surface area (Å²) in [4.78, 5) is 27.6. The first-order chi connectivity index (χ1) is 24.7. The summed E-state index contributed by atoms with van der Waals surface area (Å²) in [5.41, 5.74) is -1.29. The highest BCUT2D eigenvalue weighted by Crippen LogP contribution is 2.65. The van der Waals surface area contributed by atoms with E-state index in [1.807, 2.05) is 0 Å². The van der Waals surface area contributed by atoms with Crippen LogP contribution in [0.3, 0.4) is 0 Å². The number of hydrogen-bond donors (Lipinski definition) is 0. The number of alkyl halides is 8. The van der Waals surface area contributed by atoms with E-state index in [1.165, 1.54) is 6.07 Å². The van der Waals surface area contributed by atoms with Gasteiger partial charge >= 0.3 is 35.6 Å². The van der Waals surface area contributed by atoms with Crippen molar-refractivity contribution >= 4 is 11.9 Å². The smallest absolute Gasteiger partial charge is 0.338 e. The molecule has 8 aliphatic carbocycles. The zero-order valence-electron chi connectivity index (χ0n) is 28.9. The predicted octanol–water partition coefficient (Wildman–Crippen LogP) is 7.49. The lowest BCUT2D eigenvalue weighted by Gasteiger charge is -2.63. The topological polar surface area (TPSA) is 89.5 Å². The zero-order chi connectivity index (χ0) is 37.6. The van der Waals surface area contributed by atoms with Crippen LogP contribution in [0.4, 0.5) is 35.1 Å². The van der Waals surface area contributed by atoms with E-state index in [1.54, 1.807) is 19.1 Å². The summed E-state index contributed by atoms with van der Waals surface area (Å²) in [7, 11) is 0. The second-order valence-corrected chi connectivity index (χ2v) is 17.3. The summed E-state index contributed by atoms with van der Waals surface area (Å²) >= 11 is 0. The molecule has 10 aliphatic rings. The molecule has 2 heterocycles. The number of carbonyl (C=O) groups is 2. The van der Waals surface area contributed by atoms with Gasteiger partial charge in [0.1, 0.15) is 37.6 Å². The molecule has 2 saturated heterocycles. The summed E-state index contributed by atoms with van der Waals surface area (Å²) in [6.45, 7) is -4.21. The maximum absolute atomic E-state index is 14.2. The van der Waals surface area contributed by atoms with Gasteiger partial charge in [-0.3, -0.25) is 0 Å². The van der Waals surface area contributed by atoms with E-state index >= 15 is 0 Å². The van der Waals surface area contributed by atoms with Gasteiger partial charge in [-0.05, 0) is 107 Å². The highest BCUT2D eigenvalue weighted by molar-refractivity contribution is 5.96. The second kappa shape index (κ2) is 11.3. The quantitative estimate of drug-likeness (QED) is 0.230. The lowest BCUT2D eigenvalue weighted by Crippen LogP contribution is -2.66. The molecule has 10 fully saturated rings. The number of ether oxygens (including phenoxy) is 6. The Morgan fingerprint density at radius 1 is 0.528 bits per heavy atom. The fourth-order valence-electron chi connectivity index (χ4n) is 11.8. The van der Waals surface area contributed by atoms with E-state index in [4.69, 9.17) is 28.4 Å². The van der Waals surface area contributed by atoms with Crippen LogP contribution in [0, 0.1) is 42.4 Å². The summed E-state index contributed by atoms with van der Waals surface area (Å²) in [6.07, 6.45) is 3.72. The monoisotopic (exact) mass is 764 g/mol. The molecule has 0 aromatic heterocycles. The fraction of sp³-hybridized carbons (Fsp3) is 0.784. The summed E-state index contributed by atoms with van der Waals surface area (Å²) in [5, 5.41) is 0. The number of aryl methyl sites for hydroxylation is 1. The van der Waals surface area contributed by atoms with Gasteiger partial charge in [0.05, 0.1) is 11.1 Å². The minimum atomic E-state index is -4.39. The Hall–Kier alpha value is -2.56. The highest BCUT2D eigenvalue weighted by Gasteiger charge is 2.71. The van der Waals surface area contributed by atoms with E-state index in [0.717, 1.165) is 0 Å². The van der Waals surface area contributed by atoms with Gasteiger partial charge in [0.2, 0.25) is 0 Å². The van der Waals surface area contributed by atoms with Crippen LogP contribution in [-0.2, 0) is 28.4 Å². The van der Waals surface area contributed by atoms with Gasteiger partial charge in [-0.15, -0.1) is 0 Å². The van der Waals surface area contributed by atoms with Crippen molar-refractivity contribution in [3.8, 4) is 0 Å². The van der Waals surface area contributed by atoms with Gasteiger partial charge in [0.15, 0.2) is 11.6 Å². The average Bonchev–Trinajstić information content (AvgIpc) is 3.21. The minimum absolute atomic E-state index is 0.0478. The predicted molar refractivity (Wildman–Crippen MR) is 164 cm³/mol. The third kappa shape index (κ3) is 5.41. The van der Waals surface area contributed by atoms with Gasteiger partial charge in [-0.25, -0.2) is 9.59 Å². The Balaban J connectivity index is 0.902. The third-order valence-electron chi connectivity index (χ3n) is 13.7. The van der Waals surface area contributed by atoms with Gasteiger partial charge in [-0.1, -0.05) is 0 Å². The highest BCUT2D eigenvalue weighted by atomic mass is 19.3. The Kier molecular flexibility index (Phi) is 7.68. The largest absolute Gasteiger partial charge is 0.455 e. The van der Waals surface area contributed by atoms with Crippen molar-refractivity contribution in [2.75, 3.05) is 26.4 Å². The second-order valence-electron chi connectivity index (χ2n) is 17.3. The van der Waals surface area contributed by atoms with Crippen LogP contribution >= 0.6 is 0 Å². The molecule has 8 bridgehead atoms. The van der Waals surface area contributed by atoms with Crippen LogP contribution in [0.25, 0.3) is 0 Å². The summed E-state index contributed by atoms with van der Waals surface area (Å²) in [5.74, 6) is -24.3. The molecule has 8 saturated carbocycles. The lowest BCUT2D eigenvalue weighted by molar-refractivity contribution is -0.353. The van der Waals surface area contributed by atoms with E-state index in [0.29, 0.717) is 44.1 Å². The molecular weight excluding hydrogens is 724 g/mol. The van der Waals surface area contributed by atoms with Crippen LogP contribution in [-0.4, -0.2) is 84.8 Å². The van der Waals surface area contributed by atoms with Crippen molar-refractivity contribution in [1.29, 1.82) is 0 Å². The van der Waals surface area contributed by atoms with Crippen LogP contribution in [0.1, 0.15) is 90.5 Å². The maximum atomic E-state index is 14.2. The van der Waals surface area contributed by atoms with E-state index in [9.17, 15) is 44.7 Å². The first-order valence-electron chi connectivity index (χ1n) is 18.3. The fourth-order valence-corrected chi connectivity index (χ4v) is 11.8. The Bertz CT molecular complexity index is 1530. The summed E-state index contributed by atoms with van der Waals surface area (Å²) < 4.78 is 148. The van der Waals surface area contributed by atoms with E-state index in [2.05, 4.69) is 0 Å². The van der Waals surface area contributed by atoms with Crippen molar-refractivity contribution in [2.24, 2.45) is 35.5 Å². The molecule has 53 heavy (non-hydrogen) atoms. The molecule has 11 rings (SSSR count). The van der Waals surface area contributed by atoms with Crippen molar-refractivity contribution in [2.45, 2.75) is 118 Å². The summed E-state index contributed by atoms with van der Waals surface area (Å²) in [6, 6.07) is 4.48. The molecule has 2 aliphatic heterocycles. The van der Waals surface area contributed by atoms with Crippen LogP contribution in [0.5, 0.6) is 0 Å². The van der Waals surface area contributed by atoms with Crippen LogP contribution in [0.2, 0.25) is 0 Å². The molecule has 16 heteroatoms. The lowest BCUT2D eigenvalue weighted by atomic mass is 9.51. The van der Waals surface area contributed by atoms with Crippen LogP contribution < -0.4 is 0 Å². The standard InChI is InChI=1S/C37H40F8O8/c1-19-2-22(28(46)52-30-9-20-4-24(11-30)36(25(5-20)12-30)48-15-32(38,39)33(40,41)16-49-36)8-23(3-19)29(47)53-31-10-21-6-26(13-31)37(27(7-21)14-31)50-17-34(42,43)35(44,45)18-51-37/h2-3,8,20-21,24-27H,4-7,9-18H2,1H3. The number of benzene rings is 1. The normalized spacial score (nSPS) is 41.5. The number of rotatable bonds is 4. The Labute approximate surface area is 299 Å². The van der Waals surface area contributed by atoms with Gasteiger partial charge in [0, 0.05) is 23.7 Å². The van der Waals surface area contributed by atoms with Crippen molar-refractivity contribution in [3.05, 3.63) is 34.9 Å². The third-order valence-corrected chi connectivity index (χ3v) is 13.7. The first kappa shape index (κ1) is 36.1. The zero-order valence-corrected chi connectivity index (χ0v) is 28.9. The molecule has 0 N–H and O–H groups in total. The maximum Gasteiger partial charge on any atom is 0.338 e. The average molecular weight is 765 g/mol. The van der Waals surface area contributed by atoms with E-state index < -0.39 is 109 Å². The minimum Gasteiger partial charge on any atom is -0.455 e. The van der Waals surface area contributed by atoms with E-state index in [-0.39, 0.29) is 48.6 Å². The Morgan fingerprint density at radius 3 is 1.13 bits per heavy atom. The molecule has 0 amide bonds. The molecule has 0 radical (unpaired) electrons. The van der Waals surface area contributed by atoms with Crippen molar-refractivity contribution in [1.82, 2.24) is 0 Å². The van der Waals surface area contributed by atoms with Crippen molar-refractivity contribution < 1.29 is 73.1 Å². The Morgan fingerprint density at radius 2 is 0.830 bits per heavy atom. The molecule has 292 valence electrons. The molecular formula is C37H40F8O8. The number of hydrogen-bond acceptors (Lipinski definition) is 8. The molecule has 1 aromatic carbocycles. The molecule has 1 aromatic rings. The number of carbonyl (C=O) groups excluding carboxylic acids is 2. The van der Waals surface area contributed by atoms with Crippen molar-refractivity contribution in [3.63, 3.8) is 0 Å². The van der Waals surface area contributed by atoms with Gasteiger partial charge < -0.3 is 28.4 Å². The SMILES string of the molecule is Cc1cc(C(=O)OC23CC4CC(C2)C2(OCC(F)(F)C(F)(F)CO2)C(C4)C3)cc(C(=O)OC23CC4CC(C2)C2(OCC(F)(F)C(F)(F)CO2)C(C4)C3)c1. The van der Waals surface area contributed by atoms with Gasteiger partial charge in [0.25, 0.3) is 0 Å². The molecule has 8 nitrogen and oxygen atoms in total. The van der Waals surface area contributed by atoms with Gasteiger partial charge in [-0.2, -0.15) is 35.1 Å². The number of esters is 2. The molecule has 4 unspecified atom stereocenters. The number of halogens is 8. The molecule has 4 atom stereocenters. The van der Waals surface area contributed by atoms with Crippen LogP contribution in [0.15, 0.2) is 18.2 Å².